The molecule has 0 bridgehead atoms. The van der Waals surface area contributed by atoms with Gasteiger partial charge < -0.3 is 10.4 Å². The summed E-state index contributed by atoms with van der Waals surface area (Å²) >= 11 is 3.10. The largest absolute Gasteiger partial charge is 0.508 e. The number of thiophene rings is 1. The number of amides is 1. The highest BCUT2D eigenvalue weighted by molar-refractivity contribution is 8.00. The number of hydrogen-bond donors (Lipinski definition) is 2. The molecule has 0 atom stereocenters. The summed E-state index contributed by atoms with van der Waals surface area (Å²) in [4.78, 5) is 23.6. The Bertz CT molecular complexity index is 908. The molecule has 25 heavy (non-hydrogen) atoms. The van der Waals surface area contributed by atoms with Gasteiger partial charge in [-0.3, -0.25) is 4.79 Å². The van der Waals surface area contributed by atoms with E-state index >= 15 is 0 Å². The van der Waals surface area contributed by atoms with Crippen LogP contribution in [-0.4, -0.2) is 26.7 Å². The molecule has 2 heterocycles. The molecule has 0 aliphatic rings. The summed E-state index contributed by atoms with van der Waals surface area (Å²) in [5, 5.41) is 14.1. The number of nitrogens with one attached hydrogen (secondary N) is 1. The maximum atomic E-state index is 12.2. The third-order valence-corrected chi connectivity index (χ3v) is 5.75. The highest BCUT2D eigenvalue weighted by Gasteiger charge is 2.13. The molecule has 2 N–H and O–H groups in total. The van der Waals surface area contributed by atoms with Crippen LogP contribution in [0.2, 0.25) is 0 Å². The molecule has 0 saturated heterocycles. The highest BCUT2D eigenvalue weighted by atomic mass is 32.2. The van der Waals surface area contributed by atoms with E-state index in [2.05, 4.69) is 28.3 Å². The summed E-state index contributed by atoms with van der Waals surface area (Å²) in [6.45, 7) is 4.15. The summed E-state index contributed by atoms with van der Waals surface area (Å²) in [5.41, 5.74) is 0.580. The predicted octanol–water partition coefficient (Wildman–Crippen LogP) is 4.25. The molecule has 0 aliphatic carbocycles. The Kier molecular flexibility index (Phi) is 5.55. The van der Waals surface area contributed by atoms with E-state index in [-0.39, 0.29) is 17.4 Å². The summed E-state index contributed by atoms with van der Waals surface area (Å²) in [6.07, 6.45) is 1.73. The van der Waals surface area contributed by atoms with E-state index in [4.69, 9.17) is 0 Å². The van der Waals surface area contributed by atoms with Gasteiger partial charge in [0.05, 0.1) is 5.75 Å². The number of aryl methyl sites for hydroxylation is 2. The van der Waals surface area contributed by atoms with Crippen LogP contribution in [0.5, 0.6) is 5.75 Å². The monoisotopic (exact) mass is 373 g/mol. The van der Waals surface area contributed by atoms with Gasteiger partial charge in [-0.05, 0) is 24.6 Å². The van der Waals surface area contributed by atoms with Crippen molar-refractivity contribution in [1.29, 1.82) is 0 Å². The molecule has 3 aromatic rings. The van der Waals surface area contributed by atoms with Crippen molar-refractivity contribution in [3.63, 3.8) is 0 Å². The summed E-state index contributed by atoms with van der Waals surface area (Å²) in [6, 6.07) is 8.64. The van der Waals surface area contributed by atoms with Crippen LogP contribution in [0.25, 0.3) is 10.2 Å². The molecule has 7 heteroatoms. The second-order valence-corrected chi connectivity index (χ2v) is 7.55. The molecule has 0 radical (unpaired) electrons. The number of carbonyl (C=O) groups excluding carboxylic acids is 1. The Morgan fingerprint density at radius 2 is 2.08 bits per heavy atom. The molecular weight excluding hydrogens is 354 g/mol. The normalized spacial score (nSPS) is 11.0. The number of carbonyl (C=O) groups is 1. The maximum Gasteiger partial charge on any atom is 0.234 e. The van der Waals surface area contributed by atoms with Crippen LogP contribution in [0.15, 0.2) is 35.4 Å². The fraction of sp³-hybridized carbons (Fsp3) is 0.278. The zero-order valence-electron chi connectivity index (χ0n) is 14.1. The third-order valence-electron chi connectivity index (χ3n) is 3.59. The molecule has 130 valence electrons. The average Bonchev–Trinajstić information content (AvgIpc) is 3.02. The van der Waals surface area contributed by atoms with Crippen molar-refractivity contribution >= 4 is 44.9 Å². The average molecular weight is 374 g/mol. The number of hydrogen-bond acceptors (Lipinski definition) is 6. The number of phenols is 1. The van der Waals surface area contributed by atoms with Gasteiger partial charge in [0.2, 0.25) is 5.91 Å². The van der Waals surface area contributed by atoms with E-state index in [1.807, 2.05) is 6.92 Å². The number of aromatic nitrogens is 2. The van der Waals surface area contributed by atoms with Crippen molar-refractivity contribution in [2.45, 2.75) is 31.7 Å². The highest BCUT2D eigenvalue weighted by Crippen LogP contribution is 2.32. The van der Waals surface area contributed by atoms with Gasteiger partial charge in [-0.2, -0.15) is 0 Å². The van der Waals surface area contributed by atoms with Crippen LogP contribution < -0.4 is 5.32 Å². The zero-order chi connectivity index (χ0) is 17.8. The number of thioether (sulfide) groups is 1. The number of phenolic OH excluding ortho intramolecular Hbond substituents is 1. The molecule has 0 aliphatic heterocycles. The predicted molar refractivity (Wildman–Crippen MR) is 104 cm³/mol. The molecule has 1 amide bonds. The minimum Gasteiger partial charge on any atom is -0.508 e. The molecule has 5 nitrogen and oxygen atoms in total. The van der Waals surface area contributed by atoms with Gasteiger partial charge in [0.1, 0.15) is 21.4 Å². The smallest absolute Gasteiger partial charge is 0.234 e. The summed E-state index contributed by atoms with van der Waals surface area (Å²) < 4.78 is 0. The molecule has 2 aromatic heterocycles. The molecule has 1 aromatic carbocycles. The lowest BCUT2D eigenvalue weighted by Gasteiger charge is -2.07. The third kappa shape index (κ3) is 4.29. The van der Waals surface area contributed by atoms with Gasteiger partial charge in [-0.25, -0.2) is 9.97 Å². The van der Waals surface area contributed by atoms with Crippen molar-refractivity contribution in [1.82, 2.24) is 9.97 Å². The number of benzene rings is 1. The van der Waals surface area contributed by atoms with Crippen LogP contribution >= 0.6 is 23.1 Å². The van der Waals surface area contributed by atoms with Crippen molar-refractivity contribution in [3.05, 3.63) is 41.0 Å². The SMILES string of the molecule is CCc1nc(SCC(=O)Nc2cccc(O)c2)c2cc(CC)sc2n1. The van der Waals surface area contributed by atoms with Crippen molar-refractivity contribution in [2.75, 3.05) is 11.1 Å². The minimum absolute atomic E-state index is 0.126. The van der Waals surface area contributed by atoms with E-state index in [9.17, 15) is 9.90 Å². The Morgan fingerprint density at radius 1 is 1.24 bits per heavy atom. The summed E-state index contributed by atoms with van der Waals surface area (Å²) in [5.74, 6) is 1.04. The van der Waals surface area contributed by atoms with Gasteiger partial charge >= 0.3 is 0 Å². The minimum atomic E-state index is -0.133. The van der Waals surface area contributed by atoms with E-state index in [1.165, 1.54) is 22.7 Å². The van der Waals surface area contributed by atoms with Crippen molar-refractivity contribution in [2.24, 2.45) is 0 Å². The first-order valence-corrected chi connectivity index (χ1v) is 9.90. The Labute approximate surface area is 154 Å². The van der Waals surface area contributed by atoms with E-state index in [0.717, 1.165) is 33.9 Å². The summed E-state index contributed by atoms with van der Waals surface area (Å²) in [7, 11) is 0. The van der Waals surface area contributed by atoms with Gasteiger partial charge in [-0.1, -0.05) is 31.7 Å². The van der Waals surface area contributed by atoms with Crippen LogP contribution in [0.4, 0.5) is 5.69 Å². The first-order chi connectivity index (χ1) is 12.1. The van der Waals surface area contributed by atoms with Crippen molar-refractivity contribution in [3.8, 4) is 5.75 Å². The molecule has 0 fully saturated rings. The van der Waals surface area contributed by atoms with Gasteiger partial charge in [0.15, 0.2) is 0 Å². The number of rotatable bonds is 6. The molecule has 3 rings (SSSR count). The lowest BCUT2D eigenvalue weighted by atomic mass is 10.3. The topological polar surface area (TPSA) is 75.1 Å². The van der Waals surface area contributed by atoms with E-state index in [1.54, 1.807) is 29.5 Å². The van der Waals surface area contributed by atoms with Crippen LogP contribution in [0, 0.1) is 0 Å². The number of nitrogens with zero attached hydrogens (tertiary/aromatic N) is 2. The molecule has 0 spiro atoms. The van der Waals surface area contributed by atoms with Crippen LogP contribution in [-0.2, 0) is 17.6 Å². The maximum absolute atomic E-state index is 12.2. The van der Waals surface area contributed by atoms with Crippen LogP contribution in [0.3, 0.4) is 0 Å². The molecular formula is C18H19N3O2S2. The standard InChI is InChI=1S/C18H19N3O2S2/c1-3-13-9-14-17(20-15(4-2)21-18(14)25-13)24-10-16(23)19-11-6-5-7-12(22)8-11/h5-9,22H,3-4,10H2,1-2H3,(H,19,23). The van der Waals surface area contributed by atoms with E-state index < -0.39 is 0 Å². The van der Waals surface area contributed by atoms with Gasteiger partial charge in [0.25, 0.3) is 0 Å². The lowest BCUT2D eigenvalue weighted by Crippen LogP contribution is -2.14. The number of aromatic hydroxyl groups is 1. The Morgan fingerprint density at radius 3 is 2.80 bits per heavy atom. The van der Waals surface area contributed by atoms with Gasteiger partial charge in [-0.15, -0.1) is 11.3 Å². The zero-order valence-corrected chi connectivity index (χ0v) is 15.7. The first kappa shape index (κ1) is 17.7. The fourth-order valence-electron chi connectivity index (χ4n) is 2.34. The molecule has 0 saturated carbocycles. The Hall–Kier alpha value is -2.12. The van der Waals surface area contributed by atoms with Crippen LogP contribution in [0.1, 0.15) is 24.5 Å². The Balaban J connectivity index is 1.75. The number of fused-ring (bicyclic) bond motifs is 1. The second-order valence-electron chi connectivity index (χ2n) is 5.47. The number of anilines is 1. The second kappa shape index (κ2) is 7.84. The van der Waals surface area contributed by atoms with Crippen molar-refractivity contribution < 1.29 is 9.90 Å². The first-order valence-electron chi connectivity index (χ1n) is 8.10. The quantitative estimate of drug-likeness (QED) is 0.499. The fourth-order valence-corrected chi connectivity index (χ4v) is 4.22. The lowest BCUT2D eigenvalue weighted by molar-refractivity contribution is -0.113. The van der Waals surface area contributed by atoms with Gasteiger partial charge in [0, 0.05) is 28.4 Å². The molecule has 0 unspecified atom stereocenters. The van der Waals surface area contributed by atoms with E-state index in [0.29, 0.717) is 5.69 Å².